The van der Waals surface area contributed by atoms with Crippen molar-refractivity contribution in [2.75, 3.05) is 0 Å². The second kappa shape index (κ2) is 8.74. The van der Waals surface area contributed by atoms with E-state index in [-0.39, 0.29) is 22.4 Å². The number of rotatable bonds is 7. The predicted molar refractivity (Wildman–Crippen MR) is 103 cm³/mol. The highest BCUT2D eigenvalue weighted by atomic mass is 35.5. The molecular weight excluding hydrogens is 427 g/mol. The molecule has 2 N–H and O–H groups in total. The summed E-state index contributed by atoms with van der Waals surface area (Å²) < 4.78 is 40.0. The molecule has 0 aliphatic carbocycles. The van der Waals surface area contributed by atoms with Crippen LogP contribution in [0.25, 0.3) is 0 Å². The van der Waals surface area contributed by atoms with Crippen molar-refractivity contribution >= 4 is 38.9 Å². The van der Waals surface area contributed by atoms with Gasteiger partial charge in [-0.3, -0.25) is 9.78 Å². The Balaban J connectivity index is 1.59. The molecule has 146 valence electrons. The van der Waals surface area contributed by atoms with Gasteiger partial charge in [0, 0.05) is 17.8 Å². The van der Waals surface area contributed by atoms with E-state index in [1.54, 1.807) is 18.3 Å². The third-order valence-corrected chi connectivity index (χ3v) is 6.08. The van der Waals surface area contributed by atoms with Crippen LogP contribution < -0.4 is 10.0 Å². The molecular formula is C17H14ClFN4O3S2. The lowest BCUT2D eigenvalue weighted by Crippen LogP contribution is -2.25. The Bertz CT molecular complexity index is 1070. The average molecular weight is 441 g/mol. The highest BCUT2D eigenvalue weighted by Crippen LogP contribution is 2.19. The zero-order valence-electron chi connectivity index (χ0n) is 14.2. The number of nitrogens with one attached hydrogen (secondary N) is 2. The maximum Gasteiger partial charge on any atom is 0.253 e. The second-order valence-electron chi connectivity index (χ2n) is 5.55. The number of amides is 1. The van der Waals surface area contributed by atoms with E-state index in [1.165, 1.54) is 17.5 Å². The molecule has 0 saturated carbocycles. The van der Waals surface area contributed by atoms with Gasteiger partial charge in [-0.2, -0.15) is 0 Å². The van der Waals surface area contributed by atoms with Crippen LogP contribution in [-0.4, -0.2) is 24.3 Å². The van der Waals surface area contributed by atoms with Crippen LogP contribution in [0.4, 0.5) is 4.39 Å². The number of halogens is 2. The van der Waals surface area contributed by atoms with Crippen LogP contribution >= 0.6 is 22.9 Å². The standard InChI is InChI=1S/C17H14ClFN4O3S2/c18-14-7-13(3-4-15(14)19)28(25,26)23-9-12-2-1-11(8-21-12)17(24)22-10-16-20-5-6-27-16/h1-8,23H,9-10H2,(H,22,24). The molecule has 1 aromatic carbocycles. The molecule has 3 rings (SSSR count). The van der Waals surface area contributed by atoms with Crippen molar-refractivity contribution in [3.63, 3.8) is 0 Å². The number of carbonyl (C=O) groups is 1. The third kappa shape index (κ3) is 5.10. The topological polar surface area (TPSA) is 101 Å². The number of hydrogen-bond acceptors (Lipinski definition) is 6. The summed E-state index contributed by atoms with van der Waals surface area (Å²) in [5, 5.41) is 5.04. The summed E-state index contributed by atoms with van der Waals surface area (Å²) in [6, 6.07) is 6.21. The monoisotopic (exact) mass is 440 g/mol. The summed E-state index contributed by atoms with van der Waals surface area (Å²) in [6.07, 6.45) is 3.01. The first-order valence-electron chi connectivity index (χ1n) is 7.91. The van der Waals surface area contributed by atoms with Gasteiger partial charge in [0.2, 0.25) is 10.0 Å². The van der Waals surface area contributed by atoms with Crippen LogP contribution in [0.1, 0.15) is 21.1 Å². The van der Waals surface area contributed by atoms with E-state index in [0.29, 0.717) is 17.8 Å². The number of sulfonamides is 1. The van der Waals surface area contributed by atoms with E-state index in [9.17, 15) is 17.6 Å². The highest BCUT2D eigenvalue weighted by Gasteiger charge is 2.16. The van der Waals surface area contributed by atoms with Crippen LogP contribution in [0.2, 0.25) is 5.02 Å². The van der Waals surface area contributed by atoms with Crippen molar-refractivity contribution in [3.8, 4) is 0 Å². The molecule has 0 atom stereocenters. The van der Waals surface area contributed by atoms with Gasteiger partial charge in [0.25, 0.3) is 5.91 Å². The molecule has 0 aliphatic rings. The summed E-state index contributed by atoms with van der Waals surface area (Å²) >= 11 is 7.06. The van der Waals surface area contributed by atoms with E-state index >= 15 is 0 Å². The van der Waals surface area contributed by atoms with E-state index in [2.05, 4.69) is 20.0 Å². The molecule has 7 nitrogen and oxygen atoms in total. The van der Waals surface area contributed by atoms with Crippen molar-refractivity contribution in [1.82, 2.24) is 20.0 Å². The van der Waals surface area contributed by atoms with E-state index in [4.69, 9.17) is 11.6 Å². The summed E-state index contributed by atoms with van der Waals surface area (Å²) in [5.41, 5.74) is 0.752. The van der Waals surface area contributed by atoms with Crippen molar-refractivity contribution in [2.24, 2.45) is 0 Å². The molecule has 0 unspecified atom stereocenters. The molecule has 0 spiro atoms. The Kier molecular flexibility index (Phi) is 6.35. The van der Waals surface area contributed by atoms with Gasteiger partial charge in [-0.05, 0) is 30.3 Å². The fourth-order valence-corrected chi connectivity index (χ4v) is 3.98. The molecule has 0 fully saturated rings. The summed E-state index contributed by atoms with van der Waals surface area (Å²) in [7, 11) is -3.88. The zero-order chi connectivity index (χ0) is 20.1. The summed E-state index contributed by atoms with van der Waals surface area (Å²) in [6.45, 7) is 0.219. The number of aromatic nitrogens is 2. The SMILES string of the molecule is O=C(NCc1nccs1)c1ccc(CNS(=O)(=O)c2ccc(F)c(Cl)c2)nc1. The maximum atomic E-state index is 13.2. The van der Waals surface area contributed by atoms with E-state index in [1.807, 2.05) is 5.38 Å². The van der Waals surface area contributed by atoms with Gasteiger partial charge < -0.3 is 5.32 Å². The van der Waals surface area contributed by atoms with E-state index in [0.717, 1.165) is 23.2 Å². The molecule has 28 heavy (non-hydrogen) atoms. The van der Waals surface area contributed by atoms with E-state index < -0.39 is 15.8 Å². The van der Waals surface area contributed by atoms with Crippen LogP contribution in [0.5, 0.6) is 0 Å². The largest absolute Gasteiger partial charge is 0.345 e. The minimum atomic E-state index is -3.88. The Morgan fingerprint density at radius 3 is 2.64 bits per heavy atom. The Morgan fingerprint density at radius 1 is 1.18 bits per heavy atom. The average Bonchev–Trinajstić information content (AvgIpc) is 3.20. The van der Waals surface area contributed by atoms with Crippen LogP contribution in [0, 0.1) is 5.82 Å². The van der Waals surface area contributed by atoms with Crippen molar-refractivity contribution in [2.45, 2.75) is 18.0 Å². The van der Waals surface area contributed by atoms with Gasteiger partial charge in [0.1, 0.15) is 10.8 Å². The quantitative estimate of drug-likeness (QED) is 0.588. The normalized spacial score (nSPS) is 11.4. The van der Waals surface area contributed by atoms with Crippen LogP contribution in [-0.2, 0) is 23.1 Å². The molecule has 1 amide bonds. The van der Waals surface area contributed by atoms with Crippen molar-refractivity contribution < 1.29 is 17.6 Å². The van der Waals surface area contributed by atoms with Gasteiger partial charge in [-0.1, -0.05) is 11.6 Å². The van der Waals surface area contributed by atoms with Crippen molar-refractivity contribution in [3.05, 3.63) is 75.2 Å². The molecule has 0 aliphatic heterocycles. The van der Waals surface area contributed by atoms with Gasteiger partial charge in [-0.25, -0.2) is 22.5 Å². The second-order valence-corrected chi connectivity index (χ2v) is 8.70. The zero-order valence-corrected chi connectivity index (χ0v) is 16.6. The van der Waals surface area contributed by atoms with Crippen molar-refractivity contribution in [1.29, 1.82) is 0 Å². The van der Waals surface area contributed by atoms with Gasteiger partial charge in [0.05, 0.1) is 34.3 Å². The summed E-state index contributed by atoms with van der Waals surface area (Å²) in [4.78, 5) is 20.1. The number of hydrogen-bond donors (Lipinski definition) is 2. The molecule has 3 aromatic rings. The minimum Gasteiger partial charge on any atom is -0.345 e. The Morgan fingerprint density at radius 2 is 2.00 bits per heavy atom. The molecule has 0 bridgehead atoms. The molecule has 11 heteroatoms. The van der Waals surface area contributed by atoms with Gasteiger partial charge >= 0.3 is 0 Å². The first-order valence-corrected chi connectivity index (χ1v) is 10.7. The van der Waals surface area contributed by atoms with Crippen LogP contribution in [0.15, 0.2) is 53.0 Å². The van der Waals surface area contributed by atoms with Crippen LogP contribution in [0.3, 0.4) is 0 Å². The minimum absolute atomic E-state index is 0.0989. The number of pyridine rings is 1. The number of carbonyl (C=O) groups excluding carboxylic acids is 1. The number of thiazole rings is 1. The Hall–Kier alpha value is -2.40. The molecule has 2 aromatic heterocycles. The first kappa shape index (κ1) is 20.3. The van der Waals surface area contributed by atoms with Gasteiger partial charge in [0.15, 0.2) is 0 Å². The third-order valence-electron chi connectivity index (χ3n) is 3.62. The fourth-order valence-electron chi connectivity index (χ4n) is 2.16. The molecule has 0 radical (unpaired) electrons. The smallest absolute Gasteiger partial charge is 0.253 e. The molecule has 0 saturated heterocycles. The maximum absolute atomic E-state index is 13.2. The Labute approximate surface area is 169 Å². The fraction of sp³-hybridized carbons (Fsp3) is 0.118. The lowest BCUT2D eigenvalue weighted by Gasteiger charge is -2.08. The van der Waals surface area contributed by atoms with Gasteiger partial charge in [-0.15, -0.1) is 11.3 Å². The summed E-state index contributed by atoms with van der Waals surface area (Å²) in [5.74, 6) is -1.01. The lowest BCUT2D eigenvalue weighted by atomic mass is 10.2. The number of nitrogens with zero attached hydrogens (tertiary/aromatic N) is 2. The predicted octanol–water partition coefficient (Wildman–Crippen LogP) is 2.74. The number of benzene rings is 1. The lowest BCUT2D eigenvalue weighted by molar-refractivity contribution is 0.0950. The first-order chi connectivity index (χ1) is 13.3. The molecule has 2 heterocycles. The highest BCUT2D eigenvalue weighted by molar-refractivity contribution is 7.89.